The number of nitro benzene ring substituents is 1. The second-order valence-corrected chi connectivity index (χ2v) is 8.41. The maximum Gasteiger partial charge on any atom is 0.343 e. The van der Waals surface area contributed by atoms with Crippen molar-refractivity contribution in [2.45, 2.75) is 26.2 Å². The molecule has 3 rings (SSSR count). The molecule has 0 aliphatic rings. The quantitative estimate of drug-likeness (QED) is 0.170. The van der Waals surface area contributed by atoms with Crippen molar-refractivity contribution in [3.8, 4) is 11.5 Å². The summed E-state index contributed by atoms with van der Waals surface area (Å²) in [6, 6.07) is 7.87. The number of esters is 1. The molecule has 0 bridgehead atoms. The van der Waals surface area contributed by atoms with Gasteiger partial charge in [0.1, 0.15) is 5.82 Å². The first-order valence-corrected chi connectivity index (χ1v) is 11.3. The number of ether oxygens (including phenoxy) is 3. The Labute approximate surface area is 208 Å². The number of benzene rings is 2. The van der Waals surface area contributed by atoms with Crippen LogP contribution < -0.4 is 15.0 Å². The summed E-state index contributed by atoms with van der Waals surface area (Å²) in [5.74, 6) is -0.539. The van der Waals surface area contributed by atoms with E-state index < -0.39 is 23.2 Å². The number of fused-ring (bicyclic) bond motifs is 1. The normalized spacial score (nSPS) is 12.0. The lowest BCUT2D eigenvalue weighted by atomic mass is 10.1. The topological polar surface area (TPSA) is 135 Å². The molecule has 0 fully saturated rings. The van der Waals surface area contributed by atoms with Crippen molar-refractivity contribution in [2.24, 2.45) is 5.10 Å². The van der Waals surface area contributed by atoms with Gasteiger partial charge in [0, 0.05) is 22.0 Å². The highest BCUT2D eigenvalue weighted by atomic mass is 79.9. The molecular weight excluding hydrogens is 524 g/mol. The average molecular weight is 547 g/mol. The van der Waals surface area contributed by atoms with Gasteiger partial charge in [-0.15, -0.1) is 0 Å². The zero-order valence-corrected chi connectivity index (χ0v) is 21.1. The molecule has 0 saturated heterocycles. The summed E-state index contributed by atoms with van der Waals surface area (Å²) in [7, 11) is 2.48. The number of nitro groups is 1. The molecule has 0 amide bonds. The summed E-state index contributed by atoms with van der Waals surface area (Å²) < 4.78 is 16.9. The number of methoxy groups -OCH3 is 2. The van der Waals surface area contributed by atoms with Gasteiger partial charge in [-0.1, -0.05) is 29.8 Å². The summed E-state index contributed by atoms with van der Waals surface area (Å²) in [4.78, 5) is 40.3. The van der Waals surface area contributed by atoms with E-state index in [0.717, 1.165) is 10.9 Å². The number of rotatable bonds is 9. The molecule has 35 heavy (non-hydrogen) atoms. The molecule has 12 heteroatoms. The molecule has 0 spiro atoms. The number of halogens is 1. The lowest BCUT2D eigenvalue weighted by Gasteiger charge is -2.14. The molecule has 0 aliphatic heterocycles. The average Bonchev–Trinajstić information content (AvgIpc) is 2.85. The predicted octanol–water partition coefficient (Wildman–Crippen LogP) is 4.02. The molecule has 0 N–H and O–H groups in total. The Morgan fingerprint density at radius 2 is 2.06 bits per heavy atom. The molecule has 1 heterocycles. The van der Waals surface area contributed by atoms with Crippen LogP contribution in [0, 0.1) is 10.1 Å². The first-order chi connectivity index (χ1) is 16.7. The van der Waals surface area contributed by atoms with Gasteiger partial charge in [-0.05, 0) is 30.7 Å². The highest BCUT2D eigenvalue weighted by Crippen LogP contribution is 2.38. The van der Waals surface area contributed by atoms with E-state index in [2.05, 4.69) is 30.8 Å². The van der Waals surface area contributed by atoms with Gasteiger partial charge in [0.2, 0.25) is 5.75 Å². The Morgan fingerprint density at radius 3 is 2.69 bits per heavy atom. The Morgan fingerprint density at radius 1 is 1.31 bits per heavy atom. The zero-order chi connectivity index (χ0) is 25.7. The van der Waals surface area contributed by atoms with E-state index in [1.807, 2.05) is 13.8 Å². The monoisotopic (exact) mass is 546 g/mol. The molecule has 184 valence electrons. The van der Waals surface area contributed by atoms with Crippen LogP contribution in [0.15, 0.2) is 44.7 Å². The first-order valence-electron chi connectivity index (χ1n) is 10.5. The minimum atomic E-state index is -0.709. The third-order valence-electron chi connectivity index (χ3n) is 5.25. The smallest absolute Gasteiger partial charge is 0.343 e. The van der Waals surface area contributed by atoms with Crippen molar-refractivity contribution in [1.29, 1.82) is 0 Å². The van der Waals surface area contributed by atoms with Gasteiger partial charge in [-0.3, -0.25) is 14.9 Å². The van der Waals surface area contributed by atoms with Crippen LogP contribution in [0.25, 0.3) is 10.9 Å². The van der Waals surface area contributed by atoms with Crippen LogP contribution >= 0.6 is 15.9 Å². The summed E-state index contributed by atoms with van der Waals surface area (Å²) in [5.41, 5.74) is 0.00628. The fourth-order valence-corrected chi connectivity index (χ4v) is 3.57. The number of hydrogen-bond acceptors (Lipinski definition) is 9. The van der Waals surface area contributed by atoms with Gasteiger partial charge in [-0.25, -0.2) is 9.78 Å². The maximum atomic E-state index is 13.3. The molecule has 1 atom stereocenters. The molecular formula is C23H23BrN4O7. The van der Waals surface area contributed by atoms with Gasteiger partial charge >= 0.3 is 11.7 Å². The van der Waals surface area contributed by atoms with E-state index in [0.29, 0.717) is 16.7 Å². The lowest BCUT2D eigenvalue weighted by Crippen LogP contribution is -2.23. The molecule has 2 aromatic carbocycles. The van der Waals surface area contributed by atoms with E-state index in [1.165, 1.54) is 37.2 Å². The predicted molar refractivity (Wildman–Crippen MR) is 133 cm³/mol. The molecule has 11 nitrogen and oxygen atoms in total. The van der Waals surface area contributed by atoms with Gasteiger partial charge < -0.3 is 14.2 Å². The third kappa shape index (κ3) is 5.65. The second kappa shape index (κ2) is 11.1. The Kier molecular flexibility index (Phi) is 8.18. The number of nitrogens with zero attached hydrogens (tertiary/aromatic N) is 4. The maximum absolute atomic E-state index is 13.3. The van der Waals surface area contributed by atoms with Gasteiger partial charge in [0.25, 0.3) is 5.56 Å². The van der Waals surface area contributed by atoms with Crippen LogP contribution in [0.2, 0.25) is 0 Å². The van der Waals surface area contributed by atoms with Crippen molar-refractivity contribution < 1.29 is 23.9 Å². The van der Waals surface area contributed by atoms with E-state index in [4.69, 9.17) is 9.47 Å². The number of aromatic nitrogens is 2. The fraction of sp³-hybridized carbons (Fsp3) is 0.304. The van der Waals surface area contributed by atoms with Crippen LogP contribution in [0.4, 0.5) is 5.69 Å². The minimum absolute atomic E-state index is 0.0135. The Hall–Kier alpha value is -3.80. The van der Waals surface area contributed by atoms with Crippen LogP contribution in [0.1, 0.15) is 37.6 Å². The van der Waals surface area contributed by atoms with Gasteiger partial charge in [0.05, 0.1) is 36.3 Å². The van der Waals surface area contributed by atoms with Gasteiger partial charge in [-0.2, -0.15) is 9.78 Å². The lowest BCUT2D eigenvalue weighted by molar-refractivity contribution is -0.385. The van der Waals surface area contributed by atoms with Crippen molar-refractivity contribution >= 4 is 44.7 Å². The van der Waals surface area contributed by atoms with E-state index in [1.54, 1.807) is 18.2 Å². The molecule has 0 radical (unpaired) electrons. The van der Waals surface area contributed by atoms with Crippen LogP contribution in [0.5, 0.6) is 11.5 Å². The SMILES string of the molecule is CC[C@H](C)c1nc2ccc(Br)cc2c(=O)n1N=Cc1cc(OC)c(OCC(=O)OC)c([N+](=O)[O-])c1. The van der Waals surface area contributed by atoms with Crippen LogP contribution in [0.3, 0.4) is 0 Å². The van der Waals surface area contributed by atoms with Crippen molar-refractivity contribution in [3.05, 3.63) is 66.7 Å². The number of hydrogen-bond donors (Lipinski definition) is 0. The van der Waals surface area contributed by atoms with E-state index in [-0.39, 0.29) is 28.5 Å². The fourth-order valence-electron chi connectivity index (χ4n) is 3.21. The van der Waals surface area contributed by atoms with Crippen molar-refractivity contribution in [1.82, 2.24) is 9.66 Å². The highest BCUT2D eigenvalue weighted by molar-refractivity contribution is 9.10. The molecule has 0 saturated carbocycles. The molecule has 0 aliphatic carbocycles. The van der Waals surface area contributed by atoms with Crippen LogP contribution in [-0.4, -0.2) is 47.6 Å². The standard InChI is InChI=1S/C23H23BrN4O7/c1-5-13(2)22-26-17-7-6-15(24)10-16(17)23(30)27(22)25-11-14-8-18(28(31)32)21(19(9-14)33-3)35-12-20(29)34-4/h6-11,13H,5,12H2,1-4H3/t13-/m0/s1. The number of carbonyl (C=O) groups is 1. The van der Waals surface area contributed by atoms with Crippen molar-refractivity contribution in [3.63, 3.8) is 0 Å². The summed E-state index contributed by atoms with van der Waals surface area (Å²) in [5, 5.41) is 16.4. The Bertz CT molecular complexity index is 1370. The van der Waals surface area contributed by atoms with Crippen molar-refractivity contribution in [2.75, 3.05) is 20.8 Å². The first kappa shape index (κ1) is 25.8. The largest absolute Gasteiger partial charge is 0.493 e. The van der Waals surface area contributed by atoms with Gasteiger partial charge in [0.15, 0.2) is 12.4 Å². The van der Waals surface area contributed by atoms with E-state index in [9.17, 15) is 19.7 Å². The summed E-state index contributed by atoms with van der Waals surface area (Å²) >= 11 is 3.37. The molecule has 3 aromatic rings. The minimum Gasteiger partial charge on any atom is -0.493 e. The summed E-state index contributed by atoms with van der Waals surface area (Å²) in [6.07, 6.45) is 2.02. The second-order valence-electron chi connectivity index (χ2n) is 7.50. The Balaban J connectivity index is 2.13. The molecule has 1 aromatic heterocycles. The van der Waals surface area contributed by atoms with E-state index >= 15 is 0 Å². The third-order valence-corrected chi connectivity index (χ3v) is 5.74. The molecule has 0 unspecified atom stereocenters. The van der Waals surface area contributed by atoms with Crippen LogP contribution in [-0.2, 0) is 9.53 Å². The number of carbonyl (C=O) groups excluding carboxylic acids is 1. The highest BCUT2D eigenvalue weighted by Gasteiger charge is 2.23. The summed E-state index contributed by atoms with van der Waals surface area (Å²) in [6.45, 7) is 3.37. The zero-order valence-electron chi connectivity index (χ0n) is 19.5.